The minimum absolute atomic E-state index is 0.141. The van der Waals surface area contributed by atoms with Crippen molar-refractivity contribution in [2.24, 2.45) is 12.1 Å². The highest BCUT2D eigenvalue weighted by atomic mass is 79.9. The van der Waals surface area contributed by atoms with Gasteiger partial charge in [0.05, 0.1) is 22.8 Å². The fraction of sp³-hybridized carbons (Fsp3) is 0.278. The molecule has 0 aliphatic rings. The number of rotatable bonds is 5. The molecule has 3 rings (SSSR count). The van der Waals surface area contributed by atoms with Gasteiger partial charge in [0, 0.05) is 24.1 Å². The van der Waals surface area contributed by atoms with E-state index in [1.54, 1.807) is 12.3 Å². The fourth-order valence-corrected chi connectivity index (χ4v) is 2.90. The van der Waals surface area contributed by atoms with Gasteiger partial charge in [-0.2, -0.15) is 9.78 Å². The molecule has 1 aromatic carbocycles. The Morgan fingerprint density at radius 3 is 2.88 bits per heavy atom. The molecule has 0 radical (unpaired) electrons. The van der Waals surface area contributed by atoms with Gasteiger partial charge in [0.1, 0.15) is 5.82 Å². The first-order valence-electron chi connectivity index (χ1n) is 7.97. The van der Waals surface area contributed by atoms with Crippen molar-refractivity contribution in [2.75, 3.05) is 0 Å². The summed E-state index contributed by atoms with van der Waals surface area (Å²) < 4.78 is 4.23. The predicted octanol–water partition coefficient (Wildman–Crippen LogP) is 3.72. The smallest absolute Gasteiger partial charge is 0.282 e. The lowest BCUT2D eigenvalue weighted by molar-refractivity contribution is 0.674. The number of unbranched alkanes of at least 4 members (excludes halogenated alkanes) is 1. The van der Waals surface area contributed by atoms with E-state index in [1.807, 2.05) is 42.1 Å². The lowest BCUT2D eigenvalue weighted by Gasteiger charge is -2.09. The Labute approximate surface area is 148 Å². The van der Waals surface area contributed by atoms with Gasteiger partial charge in [-0.05, 0) is 36.8 Å². The number of fused-ring (bicyclic) bond motifs is 1. The van der Waals surface area contributed by atoms with Crippen LogP contribution >= 0.6 is 15.9 Å². The first kappa shape index (κ1) is 16.6. The summed E-state index contributed by atoms with van der Waals surface area (Å²) in [5, 5.41) is 4.99. The molecule has 2 heterocycles. The Balaban J connectivity index is 2.15. The molecule has 0 N–H and O–H groups in total. The molecule has 0 fully saturated rings. The Hall–Kier alpha value is -2.21. The molecule has 0 unspecified atom stereocenters. The van der Waals surface area contributed by atoms with E-state index in [9.17, 15) is 4.79 Å². The van der Waals surface area contributed by atoms with E-state index in [0.717, 1.165) is 29.4 Å². The molecule has 6 heteroatoms. The van der Waals surface area contributed by atoms with Crippen LogP contribution in [0.2, 0.25) is 0 Å². The van der Waals surface area contributed by atoms with Crippen LogP contribution in [0.3, 0.4) is 0 Å². The number of nitrogens with zero attached hydrogens (tertiary/aromatic N) is 4. The van der Waals surface area contributed by atoms with Gasteiger partial charge in [0.15, 0.2) is 0 Å². The number of hydrogen-bond acceptors (Lipinski definition) is 3. The summed E-state index contributed by atoms with van der Waals surface area (Å²) in [6.07, 6.45) is 6.37. The van der Waals surface area contributed by atoms with Gasteiger partial charge >= 0.3 is 0 Å². The lowest BCUT2D eigenvalue weighted by Crippen LogP contribution is -2.22. The Morgan fingerprint density at radius 2 is 2.17 bits per heavy atom. The minimum atomic E-state index is -0.141. The Morgan fingerprint density at radius 1 is 1.33 bits per heavy atom. The summed E-state index contributed by atoms with van der Waals surface area (Å²) in [4.78, 5) is 17.5. The first-order valence-corrected chi connectivity index (χ1v) is 8.76. The Bertz CT molecular complexity index is 955. The van der Waals surface area contributed by atoms with Crippen LogP contribution in [-0.4, -0.2) is 20.4 Å². The molecule has 5 nitrogen and oxygen atoms in total. The maximum atomic E-state index is 12.9. The van der Waals surface area contributed by atoms with Crippen molar-refractivity contribution in [3.8, 4) is 0 Å². The Kier molecular flexibility index (Phi) is 4.94. The van der Waals surface area contributed by atoms with Gasteiger partial charge in [0.25, 0.3) is 5.56 Å². The zero-order valence-electron chi connectivity index (χ0n) is 13.7. The second-order valence-electron chi connectivity index (χ2n) is 5.70. The summed E-state index contributed by atoms with van der Waals surface area (Å²) in [6.45, 7) is 2.12. The van der Waals surface area contributed by atoms with Crippen LogP contribution in [0.25, 0.3) is 10.9 Å². The van der Waals surface area contributed by atoms with Crippen molar-refractivity contribution < 1.29 is 0 Å². The summed E-state index contributed by atoms with van der Waals surface area (Å²) in [6, 6.07) is 9.45. The molecule has 124 valence electrons. The van der Waals surface area contributed by atoms with E-state index in [-0.39, 0.29) is 5.56 Å². The van der Waals surface area contributed by atoms with Crippen molar-refractivity contribution in [1.82, 2.24) is 14.2 Å². The van der Waals surface area contributed by atoms with Gasteiger partial charge in [-0.3, -0.25) is 4.79 Å². The number of aryl methyl sites for hydroxylation is 2. The first-order chi connectivity index (χ1) is 11.6. The van der Waals surface area contributed by atoms with Gasteiger partial charge in [-0.15, -0.1) is 0 Å². The van der Waals surface area contributed by atoms with Crippen LogP contribution in [0.4, 0.5) is 0 Å². The topological polar surface area (TPSA) is 52.2 Å². The quantitative estimate of drug-likeness (QED) is 0.627. The molecule has 0 saturated carbocycles. The van der Waals surface area contributed by atoms with Crippen LogP contribution in [0.15, 0.2) is 50.9 Å². The molecular weight excluding hydrogens is 368 g/mol. The van der Waals surface area contributed by atoms with E-state index in [0.29, 0.717) is 16.7 Å². The molecule has 3 aromatic rings. The maximum absolute atomic E-state index is 12.9. The number of benzene rings is 1. The third-order valence-electron chi connectivity index (χ3n) is 3.92. The molecule has 0 aliphatic carbocycles. The largest absolute Gasteiger partial charge is 0.350 e. The van der Waals surface area contributed by atoms with Gasteiger partial charge < -0.3 is 4.57 Å². The van der Waals surface area contributed by atoms with Crippen LogP contribution in [0.5, 0.6) is 0 Å². The maximum Gasteiger partial charge on any atom is 0.282 e. The highest BCUT2D eigenvalue weighted by molar-refractivity contribution is 9.10. The highest BCUT2D eigenvalue weighted by Gasteiger charge is 2.10. The van der Waals surface area contributed by atoms with Crippen LogP contribution < -0.4 is 5.56 Å². The van der Waals surface area contributed by atoms with Gasteiger partial charge in [-0.1, -0.05) is 29.3 Å². The molecule has 0 atom stereocenters. The average molecular weight is 387 g/mol. The summed E-state index contributed by atoms with van der Waals surface area (Å²) in [7, 11) is 1.94. The zero-order valence-corrected chi connectivity index (χ0v) is 15.3. The van der Waals surface area contributed by atoms with E-state index in [4.69, 9.17) is 0 Å². The molecule has 24 heavy (non-hydrogen) atoms. The second-order valence-corrected chi connectivity index (χ2v) is 6.61. The van der Waals surface area contributed by atoms with Crippen molar-refractivity contribution in [1.29, 1.82) is 0 Å². The van der Waals surface area contributed by atoms with E-state index in [2.05, 4.69) is 32.9 Å². The standard InChI is InChI=1S/C18H19BrN4O/c1-3-4-7-17-21-16-9-8-13(19)11-15(16)18(24)23(17)20-12-14-6-5-10-22(14)2/h5-6,8-12H,3-4,7H2,1-2H3. The number of aromatic nitrogens is 3. The fourth-order valence-electron chi connectivity index (χ4n) is 2.54. The van der Waals surface area contributed by atoms with Crippen molar-refractivity contribution in [3.05, 3.63) is 62.9 Å². The van der Waals surface area contributed by atoms with E-state index < -0.39 is 0 Å². The molecule has 0 spiro atoms. The third kappa shape index (κ3) is 3.33. The van der Waals surface area contributed by atoms with Crippen molar-refractivity contribution >= 4 is 33.0 Å². The second kappa shape index (κ2) is 7.13. The minimum Gasteiger partial charge on any atom is -0.350 e. The normalized spacial score (nSPS) is 11.6. The summed E-state index contributed by atoms with van der Waals surface area (Å²) >= 11 is 3.41. The SMILES string of the molecule is CCCCc1nc2ccc(Br)cc2c(=O)n1N=Cc1cccn1C. The van der Waals surface area contributed by atoms with Crippen LogP contribution in [-0.2, 0) is 13.5 Å². The molecule has 0 bridgehead atoms. The van der Waals surface area contributed by atoms with Gasteiger partial charge in [0.2, 0.25) is 0 Å². The number of hydrogen-bond donors (Lipinski definition) is 0. The zero-order chi connectivity index (χ0) is 17.1. The number of halogens is 1. The molecule has 0 aliphatic heterocycles. The van der Waals surface area contributed by atoms with Crippen molar-refractivity contribution in [2.45, 2.75) is 26.2 Å². The summed E-state index contributed by atoms with van der Waals surface area (Å²) in [5.74, 6) is 0.696. The monoisotopic (exact) mass is 386 g/mol. The van der Waals surface area contributed by atoms with Gasteiger partial charge in [-0.25, -0.2) is 4.98 Å². The van der Waals surface area contributed by atoms with Crippen LogP contribution in [0.1, 0.15) is 31.3 Å². The highest BCUT2D eigenvalue weighted by Crippen LogP contribution is 2.16. The molecule has 0 amide bonds. The lowest BCUT2D eigenvalue weighted by atomic mass is 10.2. The van der Waals surface area contributed by atoms with Crippen molar-refractivity contribution in [3.63, 3.8) is 0 Å². The van der Waals surface area contributed by atoms with E-state index in [1.165, 1.54) is 4.68 Å². The summed E-state index contributed by atoms with van der Waals surface area (Å²) in [5.41, 5.74) is 1.50. The van der Waals surface area contributed by atoms with Crippen LogP contribution in [0, 0.1) is 0 Å². The average Bonchev–Trinajstić information content (AvgIpc) is 2.98. The molecule has 0 saturated heterocycles. The molecule has 2 aromatic heterocycles. The van der Waals surface area contributed by atoms with E-state index >= 15 is 0 Å². The third-order valence-corrected chi connectivity index (χ3v) is 4.41. The predicted molar refractivity (Wildman–Crippen MR) is 101 cm³/mol. The molecular formula is C18H19BrN4O.